The van der Waals surface area contributed by atoms with E-state index in [1.165, 1.54) is 6.08 Å². The van der Waals surface area contributed by atoms with Crippen LogP contribution >= 0.6 is 0 Å². The third-order valence-corrected chi connectivity index (χ3v) is 9.27. The molecule has 4 fully saturated rings. The van der Waals surface area contributed by atoms with Crippen LogP contribution in [-0.2, 0) is 14.3 Å². The maximum absolute atomic E-state index is 14.4. The number of aromatic nitrogens is 1. The molecule has 226 valence electrons. The summed E-state index contributed by atoms with van der Waals surface area (Å²) < 4.78 is 40.4. The number of carbonyl (C=O) groups excluding carboxylic acids is 1. The van der Waals surface area contributed by atoms with Crippen LogP contribution < -0.4 is 15.1 Å². The number of piperazine rings is 1. The molecule has 0 bridgehead atoms. The lowest BCUT2D eigenvalue weighted by atomic mass is 9.85. The average molecular weight is 583 g/mol. The standard InChI is InChI=1S/C30H38F2N7O3/c1-4-26(40)37-10-8-36(9-11-37)24-14-39-22(24)7-5-6-21-23(39)12-25(35-27(21)29(31)32)38-17-30(18-38)28(19(2)13-33)34-20(15-41-3)16-42-30/h4-6,12-13,20,22,24,29,34H,1,7-11,14-18H2,2-3H3/q-1/b28-19-/t20-,22?,24?/m0/s1. The average Bonchev–Trinajstić information content (AvgIpc) is 3.10. The summed E-state index contributed by atoms with van der Waals surface area (Å²) in [5.74, 6) is 0.455. The van der Waals surface area contributed by atoms with E-state index in [1.807, 2.05) is 28.9 Å². The number of carbonyl (C=O) groups is 1. The first-order chi connectivity index (χ1) is 20.3. The highest BCUT2D eigenvalue weighted by atomic mass is 19.3. The van der Waals surface area contributed by atoms with Gasteiger partial charge in [-0.15, -0.1) is 0 Å². The number of nitrogens with one attached hydrogen (secondary N) is 1. The minimum Gasteiger partial charge on any atom is -0.810 e. The highest BCUT2D eigenvalue weighted by Gasteiger charge is 2.52. The fourth-order valence-electron chi connectivity index (χ4n) is 6.98. The fraction of sp³-hybridized carbons (Fsp3) is 0.567. The Morgan fingerprint density at radius 2 is 2.07 bits per heavy atom. The van der Waals surface area contributed by atoms with E-state index in [0.29, 0.717) is 56.3 Å². The molecule has 6 heterocycles. The lowest BCUT2D eigenvalue weighted by Crippen LogP contribution is -2.71. The molecule has 1 aromatic rings. The Kier molecular flexibility index (Phi) is 7.79. The van der Waals surface area contributed by atoms with Crippen molar-refractivity contribution in [3.63, 3.8) is 0 Å². The minimum atomic E-state index is -2.72. The van der Waals surface area contributed by atoms with Gasteiger partial charge in [0.1, 0.15) is 17.1 Å². The lowest BCUT2D eigenvalue weighted by molar-refractivity contribution is -0.128. The van der Waals surface area contributed by atoms with Gasteiger partial charge in [0.15, 0.2) is 0 Å². The number of ether oxygens (including phenoxy) is 2. The number of hydrogen-bond donors (Lipinski definition) is 1. The summed E-state index contributed by atoms with van der Waals surface area (Å²) in [4.78, 5) is 24.9. The van der Waals surface area contributed by atoms with Gasteiger partial charge in [-0.2, -0.15) is 6.21 Å². The highest BCUT2D eigenvalue weighted by Crippen LogP contribution is 2.44. The van der Waals surface area contributed by atoms with E-state index in [2.05, 4.69) is 26.7 Å². The molecule has 42 heavy (non-hydrogen) atoms. The molecule has 1 aromatic heterocycles. The van der Waals surface area contributed by atoms with Gasteiger partial charge in [-0.25, -0.2) is 13.8 Å². The summed E-state index contributed by atoms with van der Waals surface area (Å²) in [6.45, 7) is 10.8. The van der Waals surface area contributed by atoms with Gasteiger partial charge >= 0.3 is 0 Å². The van der Waals surface area contributed by atoms with E-state index in [4.69, 9.17) is 9.47 Å². The van der Waals surface area contributed by atoms with Crippen molar-refractivity contribution in [1.82, 2.24) is 20.1 Å². The van der Waals surface area contributed by atoms with Crippen molar-refractivity contribution in [2.75, 3.05) is 75.9 Å². The Bertz CT molecular complexity index is 1300. The molecule has 0 aliphatic carbocycles. The Morgan fingerprint density at radius 3 is 2.74 bits per heavy atom. The number of hydrogen-bond acceptors (Lipinski definition) is 8. The summed E-state index contributed by atoms with van der Waals surface area (Å²) in [7, 11) is 1.63. The van der Waals surface area contributed by atoms with E-state index >= 15 is 0 Å². The number of amides is 1. The summed E-state index contributed by atoms with van der Waals surface area (Å²) in [5.41, 5.74) is 1.81. The van der Waals surface area contributed by atoms with Crippen LogP contribution in [-0.4, -0.2) is 117 Å². The first kappa shape index (κ1) is 28.8. The molecule has 1 N–H and O–H groups in total. The SMILES string of the molecule is C=CC(=O)N1CCN(C2CN3c4cc(N5CC6(C5)OC[C@H](COC)N/C6=C(/C)C=[N-])nc(C(F)F)c4C=CCC23)CC1. The van der Waals surface area contributed by atoms with Crippen LogP contribution in [0.25, 0.3) is 11.5 Å². The zero-order chi connectivity index (χ0) is 29.6. The highest BCUT2D eigenvalue weighted by molar-refractivity contribution is 5.87. The first-order valence-corrected chi connectivity index (χ1v) is 14.5. The molecule has 1 amide bonds. The number of rotatable bonds is 7. The first-order valence-electron chi connectivity index (χ1n) is 14.5. The second-order valence-electron chi connectivity index (χ2n) is 11.7. The van der Waals surface area contributed by atoms with E-state index < -0.39 is 12.0 Å². The number of allylic oxidation sites excluding steroid dienone is 1. The maximum atomic E-state index is 14.4. The normalized spacial score (nSPS) is 27.8. The van der Waals surface area contributed by atoms with E-state index in [0.717, 1.165) is 43.7 Å². The Labute approximate surface area is 245 Å². The number of anilines is 2. The number of pyridine rings is 1. The molecule has 4 saturated heterocycles. The van der Waals surface area contributed by atoms with Crippen LogP contribution in [0.5, 0.6) is 0 Å². The van der Waals surface area contributed by atoms with Crippen LogP contribution in [0.3, 0.4) is 0 Å². The van der Waals surface area contributed by atoms with Gasteiger partial charge in [-0.3, -0.25) is 9.69 Å². The van der Waals surface area contributed by atoms with Crippen molar-refractivity contribution in [3.05, 3.63) is 52.7 Å². The number of methoxy groups -OCH3 is 1. The Hall–Kier alpha value is -3.35. The van der Waals surface area contributed by atoms with E-state index in [-0.39, 0.29) is 29.7 Å². The van der Waals surface area contributed by atoms with E-state index in [1.54, 1.807) is 13.2 Å². The predicted octanol–water partition coefficient (Wildman–Crippen LogP) is 2.43. The third-order valence-electron chi connectivity index (χ3n) is 9.27. The zero-order valence-electron chi connectivity index (χ0n) is 24.1. The summed E-state index contributed by atoms with van der Waals surface area (Å²) in [6.07, 6.45) is 4.24. The molecular formula is C30H38F2N7O3-. The fourth-order valence-corrected chi connectivity index (χ4v) is 6.98. The number of nitrogens with zero attached hydrogens (tertiary/aromatic N) is 6. The molecule has 1 spiro atoms. The van der Waals surface area contributed by atoms with Crippen LogP contribution in [0.2, 0.25) is 0 Å². The quantitative estimate of drug-likeness (QED) is 0.387. The van der Waals surface area contributed by atoms with Gasteiger partial charge in [0.05, 0.1) is 38.0 Å². The molecule has 6 rings (SSSR count). The topological polar surface area (TPSA) is 95.7 Å². The molecule has 0 aromatic carbocycles. The van der Waals surface area contributed by atoms with Gasteiger partial charge in [-0.1, -0.05) is 24.3 Å². The van der Waals surface area contributed by atoms with Gasteiger partial charge in [0, 0.05) is 69.2 Å². The van der Waals surface area contributed by atoms with Gasteiger partial charge in [0.2, 0.25) is 5.91 Å². The smallest absolute Gasteiger partial charge is 0.281 e. The van der Waals surface area contributed by atoms with Crippen LogP contribution in [0, 0.1) is 0 Å². The Morgan fingerprint density at radius 1 is 1.31 bits per heavy atom. The number of halogens is 2. The molecule has 10 nitrogen and oxygen atoms in total. The summed E-state index contributed by atoms with van der Waals surface area (Å²) >= 11 is 0. The third kappa shape index (κ3) is 4.88. The molecule has 12 heteroatoms. The zero-order valence-corrected chi connectivity index (χ0v) is 24.1. The minimum absolute atomic E-state index is 0.0417. The van der Waals surface area contributed by atoms with Crippen molar-refractivity contribution in [2.24, 2.45) is 0 Å². The molecule has 0 radical (unpaired) electrons. The molecule has 5 aliphatic rings. The second kappa shape index (κ2) is 11.4. The predicted molar refractivity (Wildman–Crippen MR) is 158 cm³/mol. The number of morpholine rings is 1. The van der Waals surface area contributed by atoms with E-state index in [9.17, 15) is 19.0 Å². The largest absolute Gasteiger partial charge is 0.810 e. The van der Waals surface area contributed by atoms with Gasteiger partial charge in [0.25, 0.3) is 6.43 Å². The van der Waals surface area contributed by atoms with Crippen molar-refractivity contribution < 1.29 is 23.0 Å². The Balaban J connectivity index is 1.22. The molecular weight excluding hydrogens is 544 g/mol. The maximum Gasteiger partial charge on any atom is 0.281 e. The molecule has 0 saturated carbocycles. The molecule has 2 unspecified atom stereocenters. The van der Waals surface area contributed by atoms with Crippen molar-refractivity contribution >= 4 is 29.7 Å². The summed E-state index contributed by atoms with van der Waals surface area (Å²) in [6, 6.07) is 2.33. The molecule has 3 atom stereocenters. The summed E-state index contributed by atoms with van der Waals surface area (Å²) in [5, 5.41) is 13.2. The van der Waals surface area contributed by atoms with Gasteiger partial charge < -0.3 is 34.9 Å². The second-order valence-corrected chi connectivity index (χ2v) is 11.7. The lowest BCUT2D eigenvalue weighted by Gasteiger charge is -2.56. The number of fused-ring (bicyclic) bond motifs is 3. The monoisotopic (exact) mass is 582 g/mol. The van der Waals surface area contributed by atoms with Gasteiger partial charge in [-0.05, 0) is 19.4 Å². The van der Waals surface area contributed by atoms with Crippen molar-refractivity contribution in [3.8, 4) is 0 Å². The molecule has 5 aliphatic heterocycles. The van der Waals surface area contributed by atoms with Crippen molar-refractivity contribution in [1.29, 1.82) is 0 Å². The van der Waals surface area contributed by atoms with Crippen LogP contribution in [0.15, 0.2) is 36.1 Å². The van der Waals surface area contributed by atoms with Crippen LogP contribution in [0.4, 0.5) is 20.3 Å². The number of alkyl halides is 2. The van der Waals surface area contributed by atoms with Crippen LogP contribution in [0.1, 0.15) is 31.0 Å². The van der Waals surface area contributed by atoms with Crippen molar-refractivity contribution in [2.45, 2.75) is 43.5 Å².